The number of carbonyl (C=O) groups excluding carboxylic acids is 1. The molecule has 0 heterocycles. The number of amides is 1. The number of benzene rings is 2. The zero-order valence-electron chi connectivity index (χ0n) is 16.8. The van der Waals surface area contributed by atoms with Crippen LogP contribution in [0.4, 0.5) is 5.69 Å². The normalized spacial score (nSPS) is 14.3. The van der Waals surface area contributed by atoms with E-state index < -0.39 is 10.0 Å². The molecule has 0 aliphatic heterocycles. The van der Waals surface area contributed by atoms with Crippen LogP contribution in [0.25, 0.3) is 0 Å². The number of sulfonamides is 1. The number of rotatable bonds is 8. The van der Waals surface area contributed by atoms with Crippen LogP contribution in [0, 0.1) is 0 Å². The average molecular weight is 449 g/mol. The minimum absolute atomic E-state index is 0.0128. The van der Waals surface area contributed by atoms with Crippen molar-refractivity contribution in [3.05, 3.63) is 65.7 Å². The van der Waals surface area contributed by atoms with Gasteiger partial charge in [-0.05, 0) is 55.3 Å². The Labute approximate surface area is 182 Å². The first kappa shape index (κ1) is 22.2. The van der Waals surface area contributed by atoms with E-state index in [-0.39, 0.29) is 34.0 Å². The van der Waals surface area contributed by atoms with Crippen LogP contribution in [0.1, 0.15) is 36.0 Å². The van der Waals surface area contributed by atoms with Gasteiger partial charge in [0.2, 0.25) is 0 Å². The number of nitrogens with one attached hydrogen (secondary N) is 1. The van der Waals surface area contributed by atoms with Gasteiger partial charge in [0.25, 0.3) is 15.9 Å². The Morgan fingerprint density at radius 3 is 2.50 bits per heavy atom. The fourth-order valence-electron chi connectivity index (χ4n) is 3.51. The zero-order valence-corrected chi connectivity index (χ0v) is 18.4. The summed E-state index contributed by atoms with van der Waals surface area (Å²) in [7, 11) is -2.41. The number of carbonyl (C=O) groups is 1. The fourth-order valence-corrected chi connectivity index (χ4v) is 5.17. The van der Waals surface area contributed by atoms with Crippen LogP contribution in [-0.4, -0.2) is 34.0 Å². The van der Waals surface area contributed by atoms with Crippen molar-refractivity contribution in [1.82, 2.24) is 5.32 Å². The number of ether oxygens (including phenoxy) is 1. The lowest BCUT2D eigenvalue weighted by Crippen LogP contribution is -2.33. The van der Waals surface area contributed by atoms with Crippen LogP contribution in [0.15, 0.2) is 60.0 Å². The molecule has 1 saturated carbocycles. The molecule has 0 aromatic heterocycles. The molecule has 2 aromatic rings. The molecule has 3 rings (SSSR count). The van der Waals surface area contributed by atoms with Crippen molar-refractivity contribution in [3.63, 3.8) is 0 Å². The van der Waals surface area contributed by atoms with Crippen LogP contribution >= 0.6 is 11.6 Å². The molecule has 2 aromatic carbocycles. The Kier molecular flexibility index (Phi) is 7.05. The molecule has 6 nitrogen and oxygen atoms in total. The quantitative estimate of drug-likeness (QED) is 0.607. The summed E-state index contributed by atoms with van der Waals surface area (Å²) in [6.45, 7) is 3.74. The minimum Gasteiger partial charge on any atom is -0.497 e. The second-order valence-corrected chi connectivity index (χ2v) is 9.39. The van der Waals surface area contributed by atoms with E-state index in [2.05, 4.69) is 11.9 Å². The third-order valence-corrected chi connectivity index (χ3v) is 7.24. The highest BCUT2D eigenvalue weighted by Gasteiger charge is 2.27. The van der Waals surface area contributed by atoms with Gasteiger partial charge in [0.1, 0.15) is 5.75 Å². The number of methoxy groups -OCH3 is 1. The maximum absolute atomic E-state index is 13.4. The van der Waals surface area contributed by atoms with Crippen molar-refractivity contribution in [2.75, 3.05) is 18.0 Å². The first-order valence-electron chi connectivity index (χ1n) is 9.75. The van der Waals surface area contributed by atoms with Crippen molar-refractivity contribution in [3.8, 4) is 5.75 Å². The summed E-state index contributed by atoms with van der Waals surface area (Å²) in [5.74, 6) is 0.260. The third-order valence-electron chi connectivity index (χ3n) is 5.12. The molecular formula is C22H25ClN2O4S. The smallest absolute Gasteiger partial charge is 0.264 e. The zero-order chi connectivity index (χ0) is 21.7. The van der Waals surface area contributed by atoms with Gasteiger partial charge in [-0.3, -0.25) is 9.10 Å². The van der Waals surface area contributed by atoms with Gasteiger partial charge in [0.15, 0.2) is 0 Å². The third kappa shape index (κ3) is 4.79. The molecule has 1 N–H and O–H groups in total. The molecule has 0 saturated heterocycles. The van der Waals surface area contributed by atoms with Gasteiger partial charge in [-0.2, -0.15) is 0 Å². The summed E-state index contributed by atoms with van der Waals surface area (Å²) in [6, 6.07) is 11.0. The molecule has 30 heavy (non-hydrogen) atoms. The summed E-state index contributed by atoms with van der Waals surface area (Å²) >= 11 is 6.22. The van der Waals surface area contributed by atoms with Gasteiger partial charge < -0.3 is 10.1 Å². The first-order chi connectivity index (χ1) is 14.4. The molecule has 8 heteroatoms. The van der Waals surface area contributed by atoms with E-state index in [4.69, 9.17) is 16.3 Å². The van der Waals surface area contributed by atoms with Crippen molar-refractivity contribution in [2.24, 2.45) is 0 Å². The van der Waals surface area contributed by atoms with Gasteiger partial charge in [0.05, 0.1) is 34.8 Å². The van der Waals surface area contributed by atoms with Crippen molar-refractivity contribution >= 4 is 33.2 Å². The molecule has 0 unspecified atom stereocenters. The molecule has 0 bridgehead atoms. The topological polar surface area (TPSA) is 75.7 Å². The van der Waals surface area contributed by atoms with Crippen LogP contribution < -0.4 is 14.4 Å². The lowest BCUT2D eigenvalue weighted by molar-refractivity contribution is 0.0938. The number of hydrogen-bond acceptors (Lipinski definition) is 4. The van der Waals surface area contributed by atoms with E-state index in [1.165, 1.54) is 28.6 Å². The van der Waals surface area contributed by atoms with Crippen LogP contribution in [0.5, 0.6) is 5.75 Å². The van der Waals surface area contributed by atoms with Gasteiger partial charge >= 0.3 is 0 Å². The van der Waals surface area contributed by atoms with Crippen molar-refractivity contribution in [2.45, 2.75) is 36.6 Å². The lowest BCUT2D eigenvalue weighted by atomic mass is 10.2. The molecular weight excluding hydrogens is 424 g/mol. The van der Waals surface area contributed by atoms with Crippen LogP contribution in [0.3, 0.4) is 0 Å². The van der Waals surface area contributed by atoms with Crippen molar-refractivity contribution < 1.29 is 17.9 Å². The van der Waals surface area contributed by atoms with E-state index >= 15 is 0 Å². The summed E-state index contributed by atoms with van der Waals surface area (Å²) in [4.78, 5) is 12.7. The number of nitrogens with zero attached hydrogens (tertiary/aromatic N) is 1. The van der Waals surface area contributed by atoms with Gasteiger partial charge in [-0.1, -0.05) is 30.5 Å². The number of anilines is 1. The minimum atomic E-state index is -3.95. The molecule has 1 aliphatic rings. The number of hydrogen-bond donors (Lipinski definition) is 1. The van der Waals surface area contributed by atoms with Gasteiger partial charge in [0, 0.05) is 6.04 Å². The maximum atomic E-state index is 13.4. The highest BCUT2D eigenvalue weighted by molar-refractivity contribution is 7.92. The van der Waals surface area contributed by atoms with Crippen LogP contribution in [-0.2, 0) is 10.0 Å². The SMILES string of the molecule is C=CCN(c1ccc(OC)cc1)S(=O)(=O)c1ccc(Cl)c(C(=O)NC2CCCC2)c1. The van der Waals surface area contributed by atoms with E-state index in [1.54, 1.807) is 31.4 Å². The van der Waals surface area contributed by atoms with Gasteiger partial charge in [-0.15, -0.1) is 6.58 Å². The summed E-state index contributed by atoms with van der Waals surface area (Å²) in [5.41, 5.74) is 0.612. The average Bonchev–Trinajstić information content (AvgIpc) is 3.25. The van der Waals surface area contributed by atoms with E-state index in [1.807, 2.05) is 0 Å². The standard InChI is InChI=1S/C22H25ClN2O4S/c1-3-14-25(17-8-10-18(29-2)11-9-17)30(27,28)19-12-13-21(23)20(15-19)22(26)24-16-6-4-5-7-16/h3,8-13,15-16H,1,4-7,14H2,2H3,(H,24,26). The molecule has 160 valence electrons. The van der Waals surface area contributed by atoms with Crippen LogP contribution in [0.2, 0.25) is 5.02 Å². The van der Waals surface area contributed by atoms with Gasteiger partial charge in [-0.25, -0.2) is 8.42 Å². The molecule has 1 fully saturated rings. The van der Waals surface area contributed by atoms with E-state index in [9.17, 15) is 13.2 Å². The molecule has 0 atom stereocenters. The molecule has 1 amide bonds. The summed E-state index contributed by atoms with van der Waals surface area (Å²) in [5, 5.41) is 3.16. The lowest BCUT2D eigenvalue weighted by Gasteiger charge is -2.24. The predicted molar refractivity (Wildman–Crippen MR) is 119 cm³/mol. The Bertz CT molecular complexity index is 1020. The predicted octanol–water partition coefficient (Wildman–Crippen LogP) is 4.40. The van der Waals surface area contributed by atoms with E-state index in [0.29, 0.717) is 11.4 Å². The Hall–Kier alpha value is -2.51. The second-order valence-electron chi connectivity index (χ2n) is 7.12. The second kappa shape index (κ2) is 9.53. The summed E-state index contributed by atoms with van der Waals surface area (Å²) in [6.07, 6.45) is 5.50. The highest BCUT2D eigenvalue weighted by atomic mass is 35.5. The van der Waals surface area contributed by atoms with Crippen molar-refractivity contribution in [1.29, 1.82) is 0 Å². The highest BCUT2D eigenvalue weighted by Crippen LogP contribution is 2.28. The molecule has 0 spiro atoms. The Balaban J connectivity index is 1.94. The summed E-state index contributed by atoms with van der Waals surface area (Å²) < 4.78 is 33.1. The Morgan fingerprint density at radius 1 is 1.23 bits per heavy atom. The maximum Gasteiger partial charge on any atom is 0.264 e. The van der Waals surface area contributed by atoms with E-state index in [0.717, 1.165) is 25.7 Å². The largest absolute Gasteiger partial charge is 0.497 e. The molecule has 0 radical (unpaired) electrons. The first-order valence-corrected chi connectivity index (χ1v) is 11.6. The number of halogens is 1. The molecule has 1 aliphatic carbocycles. The Morgan fingerprint density at radius 2 is 1.90 bits per heavy atom. The fraction of sp³-hybridized carbons (Fsp3) is 0.318. The monoisotopic (exact) mass is 448 g/mol.